The van der Waals surface area contributed by atoms with Gasteiger partial charge in [0, 0.05) is 10.6 Å². The van der Waals surface area contributed by atoms with Gasteiger partial charge in [-0.05, 0) is 30.3 Å². The summed E-state index contributed by atoms with van der Waals surface area (Å²) < 4.78 is 5.59. The number of ether oxygens (including phenoxy) is 1. The van der Waals surface area contributed by atoms with Crippen molar-refractivity contribution in [3.05, 3.63) is 64.1 Å². The lowest BCUT2D eigenvalue weighted by atomic mass is 10.2. The second kappa shape index (κ2) is 9.42. The van der Waals surface area contributed by atoms with Crippen LogP contribution in [0.4, 0.5) is 0 Å². The molecule has 7 heteroatoms. The van der Waals surface area contributed by atoms with E-state index in [1.807, 2.05) is 35.2 Å². The summed E-state index contributed by atoms with van der Waals surface area (Å²) in [6, 6.07) is 14.3. The van der Waals surface area contributed by atoms with Crippen LogP contribution in [-0.4, -0.2) is 61.3 Å². The minimum absolute atomic E-state index is 0.0657. The van der Waals surface area contributed by atoms with Crippen LogP contribution in [0.2, 0.25) is 10.0 Å². The average molecular weight is 410 g/mol. The molecular formula is C20H23Cl2N2O3+. The topological polar surface area (TPSA) is 54.2 Å². The molecule has 27 heavy (non-hydrogen) atoms. The van der Waals surface area contributed by atoms with Gasteiger partial charge in [-0.2, -0.15) is 0 Å². The first-order valence-corrected chi connectivity index (χ1v) is 9.72. The predicted molar refractivity (Wildman–Crippen MR) is 106 cm³/mol. The zero-order valence-electron chi connectivity index (χ0n) is 14.9. The van der Waals surface area contributed by atoms with Gasteiger partial charge in [-0.1, -0.05) is 41.4 Å². The predicted octanol–water partition coefficient (Wildman–Crippen LogP) is 1.77. The van der Waals surface area contributed by atoms with Crippen LogP contribution in [0.5, 0.6) is 5.75 Å². The highest BCUT2D eigenvalue weighted by Crippen LogP contribution is 2.27. The number of hydrogen-bond donors (Lipinski definition) is 2. The van der Waals surface area contributed by atoms with Crippen LogP contribution in [0.25, 0.3) is 0 Å². The van der Waals surface area contributed by atoms with E-state index in [4.69, 9.17) is 27.9 Å². The monoisotopic (exact) mass is 409 g/mol. The number of nitrogens with one attached hydrogen (secondary N) is 1. The molecule has 5 nitrogen and oxygen atoms in total. The van der Waals surface area contributed by atoms with Crippen molar-refractivity contribution in [3.63, 3.8) is 0 Å². The van der Waals surface area contributed by atoms with Crippen molar-refractivity contribution >= 4 is 29.1 Å². The number of aliphatic hydroxyl groups excluding tert-OH is 1. The molecule has 0 radical (unpaired) electrons. The van der Waals surface area contributed by atoms with Gasteiger partial charge in [0.25, 0.3) is 5.91 Å². The summed E-state index contributed by atoms with van der Waals surface area (Å²) in [7, 11) is 0. The van der Waals surface area contributed by atoms with Crippen LogP contribution < -0.4 is 9.64 Å². The maximum absolute atomic E-state index is 12.5. The molecule has 2 aromatic rings. The standard InChI is InChI=1S/C20H22Cl2N2O3/c21-16-6-7-19(18(22)12-16)27-14-17(25)13-23-8-10-24(11-9-23)20(26)15-4-2-1-3-5-15/h1-7,12,17,25H,8-11,13-14H2/p+1/t17-/m0/s1. The highest BCUT2D eigenvalue weighted by Gasteiger charge is 2.26. The number of halogens is 2. The molecule has 0 bridgehead atoms. The summed E-state index contributed by atoms with van der Waals surface area (Å²) in [5, 5.41) is 11.2. The molecule has 1 aliphatic rings. The minimum atomic E-state index is -0.608. The van der Waals surface area contributed by atoms with E-state index >= 15 is 0 Å². The number of benzene rings is 2. The summed E-state index contributed by atoms with van der Waals surface area (Å²) in [6.45, 7) is 3.70. The number of amides is 1. The summed E-state index contributed by atoms with van der Waals surface area (Å²) in [5.74, 6) is 0.573. The molecule has 1 atom stereocenters. The van der Waals surface area contributed by atoms with Crippen molar-refractivity contribution < 1.29 is 19.5 Å². The second-order valence-electron chi connectivity index (χ2n) is 6.65. The Balaban J connectivity index is 1.42. The molecule has 1 aliphatic heterocycles. The lowest BCUT2D eigenvalue weighted by Gasteiger charge is -2.33. The SMILES string of the molecule is O=C(c1ccccc1)N1CC[NH+](C[C@H](O)COc2ccc(Cl)cc2Cl)CC1. The molecule has 0 aliphatic carbocycles. The summed E-state index contributed by atoms with van der Waals surface area (Å²) in [4.78, 5) is 15.6. The first-order chi connectivity index (χ1) is 13.0. The van der Waals surface area contributed by atoms with Crippen LogP contribution in [-0.2, 0) is 0 Å². The summed E-state index contributed by atoms with van der Waals surface area (Å²) >= 11 is 11.9. The first kappa shape index (κ1) is 20.0. The van der Waals surface area contributed by atoms with Crippen molar-refractivity contribution in [2.45, 2.75) is 6.10 Å². The van der Waals surface area contributed by atoms with Gasteiger partial charge in [-0.25, -0.2) is 0 Å². The largest absolute Gasteiger partial charge is 0.489 e. The highest BCUT2D eigenvalue weighted by atomic mass is 35.5. The van der Waals surface area contributed by atoms with E-state index in [0.29, 0.717) is 41.0 Å². The number of hydrogen-bond acceptors (Lipinski definition) is 3. The molecule has 3 rings (SSSR count). The van der Waals surface area contributed by atoms with Crippen LogP contribution in [0.15, 0.2) is 48.5 Å². The van der Waals surface area contributed by atoms with E-state index < -0.39 is 6.10 Å². The Morgan fingerprint density at radius 1 is 1.15 bits per heavy atom. The molecule has 2 N–H and O–H groups in total. The van der Waals surface area contributed by atoms with Crippen molar-refractivity contribution in [2.75, 3.05) is 39.3 Å². The van der Waals surface area contributed by atoms with E-state index in [1.54, 1.807) is 18.2 Å². The van der Waals surface area contributed by atoms with E-state index in [2.05, 4.69) is 0 Å². The molecular weight excluding hydrogens is 387 g/mol. The fraction of sp³-hybridized carbons (Fsp3) is 0.350. The van der Waals surface area contributed by atoms with Gasteiger partial charge in [-0.3, -0.25) is 4.79 Å². The molecule has 1 fully saturated rings. The lowest BCUT2D eigenvalue weighted by molar-refractivity contribution is -0.907. The Morgan fingerprint density at radius 2 is 1.85 bits per heavy atom. The lowest BCUT2D eigenvalue weighted by Crippen LogP contribution is -3.16. The van der Waals surface area contributed by atoms with Crippen LogP contribution in [0.3, 0.4) is 0 Å². The van der Waals surface area contributed by atoms with E-state index in [-0.39, 0.29) is 12.5 Å². The third-order valence-corrected chi connectivity index (χ3v) is 5.16. The Bertz CT molecular complexity index is 765. The van der Waals surface area contributed by atoms with Crippen molar-refractivity contribution in [3.8, 4) is 5.75 Å². The number of piperazine rings is 1. The molecule has 1 amide bonds. The van der Waals surface area contributed by atoms with Gasteiger partial charge < -0.3 is 19.6 Å². The van der Waals surface area contributed by atoms with Crippen molar-refractivity contribution in [2.24, 2.45) is 0 Å². The molecule has 144 valence electrons. The van der Waals surface area contributed by atoms with E-state index in [0.717, 1.165) is 13.1 Å². The first-order valence-electron chi connectivity index (χ1n) is 8.97. The van der Waals surface area contributed by atoms with Crippen LogP contribution in [0.1, 0.15) is 10.4 Å². The van der Waals surface area contributed by atoms with Crippen LogP contribution in [0, 0.1) is 0 Å². The zero-order valence-corrected chi connectivity index (χ0v) is 16.4. The molecule has 2 aromatic carbocycles. The van der Waals surface area contributed by atoms with Gasteiger partial charge in [0.2, 0.25) is 0 Å². The quantitative estimate of drug-likeness (QED) is 0.764. The molecule has 1 saturated heterocycles. The third-order valence-electron chi connectivity index (χ3n) is 4.63. The molecule has 0 saturated carbocycles. The van der Waals surface area contributed by atoms with E-state index in [9.17, 15) is 9.90 Å². The fourth-order valence-electron chi connectivity index (χ4n) is 3.16. The number of quaternary nitrogens is 1. The Hall–Kier alpha value is -1.79. The fourth-order valence-corrected chi connectivity index (χ4v) is 3.63. The highest BCUT2D eigenvalue weighted by molar-refractivity contribution is 6.35. The van der Waals surface area contributed by atoms with Gasteiger partial charge in [0.1, 0.15) is 25.0 Å². The smallest absolute Gasteiger partial charge is 0.254 e. The maximum Gasteiger partial charge on any atom is 0.254 e. The number of carbonyl (C=O) groups excluding carboxylic acids is 1. The van der Waals surface area contributed by atoms with Gasteiger partial charge in [0.15, 0.2) is 0 Å². The maximum atomic E-state index is 12.5. The second-order valence-corrected chi connectivity index (χ2v) is 7.50. The van der Waals surface area contributed by atoms with Crippen LogP contribution >= 0.6 is 23.2 Å². The number of rotatable bonds is 6. The average Bonchev–Trinajstić information content (AvgIpc) is 2.68. The number of carbonyl (C=O) groups is 1. The van der Waals surface area contributed by atoms with Gasteiger partial charge in [0.05, 0.1) is 31.2 Å². The molecule has 0 aromatic heterocycles. The van der Waals surface area contributed by atoms with Crippen molar-refractivity contribution in [1.82, 2.24) is 4.90 Å². The third kappa shape index (κ3) is 5.59. The molecule has 1 heterocycles. The normalized spacial score (nSPS) is 16.2. The summed E-state index contributed by atoms with van der Waals surface area (Å²) in [6.07, 6.45) is -0.608. The molecule has 0 unspecified atom stereocenters. The Morgan fingerprint density at radius 3 is 2.52 bits per heavy atom. The number of nitrogens with zero attached hydrogens (tertiary/aromatic N) is 1. The van der Waals surface area contributed by atoms with E-state index in [1.165, 1.54) is 4.90 Å². The zero-order chi connectivity index (χ0) is 19.2. The molecule has 0 spiro atoms. The Labute approximate surface area is 169 Å². The minimum Gasteiger partial charge on any atom is -0.489 e. The Kier molecular flexibility index (Phi) is 6.96. The number of aliphatic hydroxyl groups is 1. The summed E-state index contributed by atoms with van der Waals surface area (Å²) in [5.41, 5.74) is 0.717. The van der Waals surface area contributed by atoms with Crippen molar-refractivity contribution in [1.29, 1.82) is 0 Å². The van der Waals surface area contributed by atoms with Gasteiger partial charge >= 0.3 is 0 Å². The van der Waals surface area contributed by atoms with Gasteiger partial charge in [-0.15, -0.1) is 0 Å².